The largest absolute Gasteiger partial charge is 0.389 e. The van der Waals surface area contributed by atoms with Crippen LogP contribution in [0.3, 0.4) is 0 Å². The van der Waals surface area contributed by atoms with Gasteiger partial charge in [0, 0.05) is 0 Å². The molecule has 0 saturated carbocycles. The van der Waals surface area contributed by atoms with Crippen LogP contribution in [-0.2, 0) is 9.48 Å². The van der Waals surface area contributed by atoms with Gasteiger partial charge in [0.1, 0.15) is 0 Å². The van der Waals surface area contributed by atoms with E-state index in [0.29, 0.717) is 13.2 Å². The molecule has 2 atom stereocenters. The molecule has 0 spiro atoms. The van der Waals surface area contributed by atoms with Gasteiger partial charge < -0.3 is 9.84 Å². The molecular formula is C23H22O2S. The summed E-state index contributed by atoms with van der Waals surface area (Å²) in [6, 6.07) is 31.7. The quantitative estimate of drug-likeness (QED) is 0.679. The van der Waals surface area contributed by atoms with Crippen LogP contribution in [0.25, 0.3) is 0 Å². The van der Waals surface area contributed by atoms with Gasteiger partial charge in [0.2, 0.25) is 0 Å². The van der Waals surface area contributed by atoms with E-state index in [-0.39, 0.29) is 5.25 Å². The lowest BCUT2D eigenvalue weighted by molar-refractivity contribution is 0.127. The topological polar surface area (TPSA) is 29.5 Å². The van der Waals surface area contributed by atoms with Gasteiger partial charge in [0.05, 0.1) is 29.3 Å². The number of benzene rings is 3. The predicted octanol–water partition coefficient (Wildman–Crippen LogP) is 4.47. The normalized spacial score (nSPS) is 20.2. The molecule has 1 fully saturated rings. The number of aliphatic hydroxyl groups is 1. The maximum Gasteiger partial charge on any atom is 0.0914 e. The fraction of sp³-hybridized carbons (Fsp3) is 0.217. The molecule has 3 aromatic carbocycles. The summed E-state index contributed by atoms with van der Waals surface area (Å²) in [6.45, 7) is 0.978. The lowest BCUT2D eigenvalue weighted by Gasteiger charge is -2.37. The standard InChI is InChI=1S/C23H22O2S/c24-21-16-25-17-22(21)26-23(18-10-4-1-5-11-18,19-12-6-2-7-13-19)20-14-8-3-9-15-20/h1-15,21-22,24H,16-17H2/t21-,22+/m1/s1. The van der Waals surface area contributed by atoms with Gasteiger partial charge in [0.15, 0.2) is 0 Å². The van der Waals surface area contributed by atoms with Crippen LogP contribution in [0.4, 0.5) is 0 Å². The summed E-state index contributed by atoms with van der Waals surface area (Å²) < 4.78 is 5.15. The van der Waals surface area contributed by atoms with Crippen molar-refractivity contribution < 1.29 is 9.84 Å². The molecule has 4 rings (SSSR count). The number of hydrogen-bond donors (Lipinski definition) is 1. The Balaban J connectivity index is 1.94. The minimum atomic E-state index is -0.449. The molecule has 1 aliphatic rings. The van der Waals surface area contributed by atoms with Crippen molar-refractivity contribution in [1.29, 1.82) is 0 Å². The molecule has 1 N–H and O–H groups in total. The Morgan fingerprint density at radius 3 is 1.46 bits per heavy atom. The smallest absolute Gasteiger partial charge is 0.0914 e. The van der Waals surface area contributed by atoms with Crippen molar-refractivity contribution in [2.24, 2.45) is 0 Å². The highest BCUT2D eigenvalue weighted by Gasteiger charge is 2.42. The highest BCUT2D eigenvalue weighted by atomic mass is 32.2. The minimum Gasteiger partial charge on any atom is -0.389 e. The van der Waals surface area contributed by atoms with Gasteiger partial charge in [-0.25, -0.2) is 0 Å². The monoisotopic (exact) mass is 362 g/mol. The minimum absolute atomic E-state index is 0.0237. The van der Waals surface area contributed by atoms with E-state index in [2.05, 4.69) is 72.8 Å². The summed E-state index contributed by atoms with van der Waals surface area (Å²) >= 11 is 1.79. The second-order valence-electron chi connectivity index (χ2n) is 6.54. The summed E-state index contributed by atoms with van der Waals surface area (Å²) in [5.74, 6) is 0. The zero-order valence-electron chi connectivity index (χ0n) is 14.5. The third-order valence-electron chi connectivity index (χ3n) is 4.87. The number of ether oxygens (including phenoxy) is 1. The molecule has 3 aromatic rings. The average molecular weight is 362 g/mol. The van der Waals surface area contributed by atoms with E-state index in [0.717, 1.165) is 0 Å². The molecule has 0 radical (unpaired) electrons. The van der Waals surface area contributed by atoms with E-state index >= 15 is 0 Å². The van der Waals surface area contributed by atoms with Crippen LogP contribution in [0.15, 0.2) is 91.0 Å². The van der Waals surface area contributed by atoms with Gasteiger partial charge in [0.25, 0.3) is 0 Å². The first-order chi connectivity index (χ1) is 12.8. The van der Waals surface area contributed by atoms with E-state index in [1.54, 1.807) is 11.8 Å². The number of hydrogen-bond acceptors (Lipinski definition) is 3. The molecule has 0 bridgehead atoms. The van der Waals surface area contributed by atoms with Crippen molar-refractivity contribution in [3.05, 3.63) is 108 Å². The van der Waals surface area contributed by atoms with Gasteiger partial charge in [-0.1, -0.05) is 91.0 Å². The average Bonchev–Trinajstić information content (AvgIpc) is 3.12. The second-order valence-corrected chi connectivity index (χ2v) is 7.99. The second kappa shape index (κ2) is 7.67. The van der Waals surface area contributed by atoms with Gasteiger partial charge in [-0.05, 0) is 16.7 Å². The maximum atomic E-state index is 10.4. The fourth-order valence-corrected chi connectivity index (χ4v) is 5.26. The SMILES string of the molecule is O[C@@H]1COC[C@@H]1SC(c1ccccc1)(c1ccccc1)c1ccccc1. The van der Waals surface area contributed by atoms with E-state index in [4.69, 9.17) is 4.74 Å². The molecule has 1 aliphatic heterocycles. The Kier molecular flexibility index (Phi) is 5.11. The van der Waals surface area contributed by atoms with Gasteiger partial charge in [-0.15, -0.1) is 11.8 Å². The third kappa shape index (κ3) is 3.18. The highest BCUT2D eigenvalue weighted by Crippen LogP contribution is 2.51. The molecule has 132 valence electrons. The first-order valence-electron chi connectivity index (χ1n) is 8.91. The Morgan fingerprint density at radius 1 is 0.692 bits per heavy atom. The summed E-state index contributed by atoms with van der Waals surface area (Å²) in [5, 5.41) is 10.5. The number of rotatable bonds is 5. The van der Waals surface area contributed by atoms with E-state index in [1.165, 1.54) is 16.7 Å². The molecule has 0 unspecified atom stereocenters. The number of aliphatic hydroxyl groups excluding tert-OH is 1. The van der Waals surface area contributed by atoms with Crippen molar-refractivity contribution in [3.8, 4) is 0 Å². The van der Waals surface area contributed by atoms with E-state index in [9.17, 15) is 5.11 Å². The van der Waals surface area contributed by atoms with Crippen LogP contribution in [0.2, 0.25) is 0 Å². The van der Waals surface area contributed by atoms with Crippen molar-refractivity contribution >= 4 is 11.8 Å². The Hall–Kier alpha value is -2.07. The molecular weight excluding hydrogens is 340 g/mol. The molecule has 0 aromatic heterocycles. The van der Waals surface area contributed by atoms with Crippen LogP contribution in [0.1, 0.15) is 16.7 Å². The van der Waals surface area contributed by atoms with Gasteiger partial charge >= 0.3 is 0 Å². The molecule has 3 heteroatoms. The summed E-state index contributed by atoms with van der Waals surface area (Å²) in [5.41, 5.74) is 3.63. The summed E-state index contributed by atoms with van der Waals surface area (Å²) in [6.07, 6.45) is -0.449. The first kappa shape index (κ1) is 17.3. The summed E-state index contributed by atoms with van der Waals surface area (Å²) in [7, 11) is 0. The molecule has 0 aliphatic carbocycles. The predicted molar refractivity (Wildman–Crippen MR) is 107 cm³/mol. The van der Waals surface area contributed by atoms with Crippen molar-refractivity contribution in [2.45, 2.75) is 16.1 Å². The number of thioether (sulfide) groups is 1. The zero-order chi connectivity index (χ0) is 17.8. The van der Waals surface area contributed by atoms with Crippen molar-refractivity contribution in [1.82, 2.24) is 0 Å². The Labute approximate surface area is 158 Å². The van der Waals surface area contributed by atoms with E-state index < -0.39 is 10.9 Å². The molecule has 1 saturated heterocycles. The highest BCUT2D eigenvalue weighted by molar-refractivity contribution is 8.01. The van der Waals surface area contributed by atoms with Crippen molar-refractivity contribution in [2.75, 3.05) is 13.2 Å². The third-order valence-corrected chi connectivity index (χ3v) is 6.68. The molecule has 2 nitrogen and oxygen atoms in total. The van der Waals surface area contributed by atoms with Crippen LogP contribution >= 0.6 is 11.8 Å². The molecule has 26 heavy (non-hydrogen) atoms. The van der Waals surface area contributed by atoms with Crippen LogP contribution in [-0.4, -0.2) is 29.7 Å². The van der Waals surface area contributed by atoms with Crippen molar-refractivity contribution in [3.63, 3.8) is 0 Å². The zero-order valence-corrected chi connectivity index (χ0v) is 15.3. The Bertz CT molecular complexity index is 724. The van der Waals surface area contributed by atoms with Crippen LogP contribution in [0, 0.1) is 0 Å². The Morgan fingerprint density at radius 2 is 1.12 bits per heavy atom. The van der Waals surface area contributed by atoms with E-state index in [1.807, 2.05) is 18.2 Å². The van der Waals surface area contributed by atoms with Crippen LogP contribution < -0.4 is 0 Å². The van der Waals surface area contributed by atoms with Crippen LogP contribution in [0.5, 0.6) is 0 Å². The fourth-order valence-electron chi connectivity index (χ4n) is 3.59. The lowest BCUT2D eigenvalue weighted by atomic mass is 9.84. The maximum absolute atomic E-state index is 10.4. The van der Waals surface area contributed by atoms with Gasteiger partial charge in [-0.3, -0.25) is 0 Å². The molecule has 1 heterocycles. The first-order valence-corrected chi connectivity index (χ1v) is 9.79. The lowest BCUT2D eigenvalue weighted by Crippen LogP contribution is -2.32. The molecule has 0 amide bonds. The van der Waals surface area contributed by atoms with Gasteiger partial charge in [-0.2, -0.15) is 0 Å². The summed E-state index contributed by atoms with van der Waals surface area (Å²) in [4.78, 5) is 0.